The molecule has 20 heavy (non-hydrogen) atoms. The number of nitrogens with two attached hydrogens (primary N) is 1. The first kappa shape index (κ1) is 16.4. The summed E-state index contributed by atoms with van der Waals surface area (Å²) in [4.78, 5) is 13.9. The fraction of sp³-hybridized carbons (Fsp3) is 0.533. The Kier molecular flexibility index (Phi) is 5.51. The highest BCUT2D eigenvalue weighted by Crippen LogP contribution is 2.17. The summed E-state index contributed by atoms with van der Waals surface area (Å²) in [6.45, 7) is 8.07. The number of amides is 1. The molecule has 0 radical (unpaired) electrons. The van der Waals surface area contributed by atoms with Crippen LogP contribution in [0, 0.1) is 11.2 Å². The van der Waals surface area contributed by atoms with Crippen molar-refractivity contribution >= 4 is 17.3 Å². The van der Waals surface area contributed by atoms with Crippen LogP contribution in [0.4, 0.5) is 15.8 Å². The smallest absolute Gasteiger partial charge is 0.225 e. The van der Waals surface area contributed by atoms with Gasteiger partial charge in [0.05, 0.1) is 5.69 Å². The molecule has 0 atom stereocenters. The Morgan fingerprint density at radius 1 is 1.40 bits per heavy atom. The average Bonchev–Trinajstić information content (AvgIpc) is 2.29. The molecule has 0 aliphatic heterocycles. The summed E-state index contributed by atoms with van der Waals surface area (Å²) in [5.41, 5.74) is 6.21. The molecule has 112 valence electrons. The van der Waals surface area contributed by atoms with Crippen LogP contribution < -0.4 is 11.1 Å². The molecule has 0 heterocycles. The summed E-state index contributed by atoms with van der Waals surface area (Å²) in [6.07, 6.45) is 0.393. The first-order valence-electron chi connectivity index (χ1n) is 6.71. The molecule has 0 saturated heterocycles. The Labute approximate surface area is 120 Å². The lowest BCUT2D eigenvalue weighted by Gasteiger charge is -2.26. The van der Waals surface area contributed by atoms with Gasteiger partial charge >= 0.3 is 0 Å². The van der Waals surface area contributed by atoms with Gasteiger partial charge in [-0.3, -0.25) is 4.79 Å². The largest absolute Gasteiger partial charge is 0.396 e. The van der Waals surface area contributed by atoms with Crippen LogP contribution in [0.2, 0.25) is 0 Å². The van der Waals surface area contributed by atoms with E-state index >= 15 is 0 Å². The molecule has 1 aromatic rings. The third kappa shape index (κ3) is 6.02. The summed E-state index contributed by atoms with van der Waals surface area (Å²) in [6, 6.07) is 4.17. The first-order chi connectivity index (χ1) is 9.17. The summed E-state index contributed by atoms with van der Waals surface area (Å²) >= 11 is 0. The maximum absolute atomic E-state index is 13.0. The molecule has 0 saturated carbocycles. The third-order valence-electron chi connectivity index (χ3n) is 2.74. The summed E-state index contributed by atoms with van der Waals surface area (Å²) < 4.78 is 13.0. The Morgan fingerprint density at radius 3 is 2.60 bits per heavy atom. The van der Waals surface area contributed by atoms with Crippen LogP contribution in [0.3, 0.4) is 0 Å². The van der Waals surface area contributed by atoms with Crippen molar-refractivity contribution in [2.24, 2.45) is 5.41 Å². The Balaban J connectivity index is 2.42. The molecule has 0 aliphatic rings. The van der Waals surface area contributed by atoms with E-state index in [-0.39, 0.29) is 17.0 Å². The van der Waals surface area contributed by atoms with Crippen molar-refractivity contribution in [2.75, 3.05) is 31.2 Å². The number of hydrogen-bond acceptors (Lipinski definition) is 3. The molecule has 1 rings (SSSR count). The molecule has 5 heteroatoms. The van der Waals surface area contributed by atoms with Crippen molar-refractivity contribution in [3.63, 3.8) is 0 Å². The van der Waals surface area contributed by atoms with E-state index in [1.54, 1.807) is 0 Å². The van der Waals surface area contributed by atoms with Crippen LogP contribution in [-0.2, 0) is 4.79 Å². The van der Waals surface area contributed by atoms with Gasteiger partial charge < -0.3 is 16.0 Å². The van der Waals surface area contributed by atoms with Crippen LogP contribution in [0.5, 0.6) is 0 Å². The van der Waals surface area contributed by atoms with Crippen molar-refractivity contribution in [1.82, 2.24) is 4.90 Å². The topological polar surface area (TPSA) is 58.4 Å². The predicted molar refractivity (Wildman–Crippen MR) is 81.0 cm³/mol. The summed E-state index contributed by atoms with van der Waals surface area (Å²) in [5, 5.41) is 2.72. The number of nitrogen functional groups attached to an aromatic ring is 1. The Hall–Kier alpha value is -1.62. The van der Waals surface area contributed by atoms with Gasteiger partial charge in [-0.15, -0.1) is 0 Å². The zero-order valence-electron chi connectivity index (χ0n) is 12.7. The second kappa shape index (κ2) is 6.70. The van der Waals surface area contributed by atoms with Crippen LogP contribution in [0.25, 0.3) is 0 Å². The lowest BCUT2D eigenvalue weighted by molar-refractivity contribution is -0.116. The van der Waals surface area contributed by atoms with Crippen molar-refractivity contribution in [2.45, 2.75) is 27.2 Å². The molecule has 0 fully saturated rings. The highest BCUT2D eigenvalue weighted by Gasteiger charge is 2.14. The van der Waals surface area contributed by atoms with Crippen molar-refractivity contribution < 1.29 is 9.18 Å². The van der Waals surface area contributed by atoms with E-state index in [9.17, 15) is 9.18 Å². The minimum atomic E-state index is -0.479. The zero-order valence-corrected chi connectivity index (χ0v) is 12.7. The van der Waals surface area contributed by atoms with Gasteiger partial charge in [0.15, 0.2) is 0 Å². The normalized spacial score (nSPS) is 11.7. The number of anilines is 2. The Morgan fingerprint density at radius 2 is 2.05 bits per heavy atom. The van der Waals surface area contributed by atoms with Crippen LogP contribution in [-0.4, -0.2) is 30.9 Å². The van der Waals surface area contributed by atoms with E-state index < -0.39 is 5.82 Å². The second-order valence-electron chi connectivity index (χ2n) is 6.33. The van der Waals surface area contributed by atoms with Crippen molar-refractivity contribution in [3.8, 4) is 0 Å². The van der Waals surface area contributed by atoms with Crippen LogP contribution in [0.1, 0.15) is 27.2 Å². The highest BCUT2D eigenvalue weighted by molar-refractivity contribution is 5.91. The van der Waals surface area contributed by atoms with Crippen molar-refractivity contribution in [3.05, 3.63) is 24.0 Å². The van der Waals surface area contributed by atoms with Gasteiger partial charge in [-0.2, -0.15) is 0 Å². The van der Waals surface area contributed by atoms with E-state index in [2.05, 4.69) is 31.0 Å². The highest BCUT2D eigenvalue weighted by atomic mass is 19.1. The minimum absolute atomic E-state index is 0.0349. The van der Waals surface area contributed by atoms with Gasteiger partial charge in [-0.25, -0.2) is 4.39 Å². The number of benzene rings is 1. The molecule has 4 nitrogen and oxygen atoms in total. The molecule has 0 spiro atoms. The van der Waals surface area contributed by atoms with Gasteiger partial charge in [0.25, 0.3) is 0 Å². The molecule has 0 unspecified atom stereocenters. The monoisotopic (exact) mass is 281 g/mol. The average molecular weight is 281 g/mol. The van der Waals surface area contributed by atoms with Crippen LogP contribution >= 0.6 is 0 Å². The number of halogens is 1. The quantitative estimate of drug-likeness (QED) is 0.816. The summed E-state index contributed by atoms with van der Waals surface area (Å²) in [7, 11) is 1.99. The van der Waals surface area contributed by atoms with Crippen LogP contribution in [0.15, 0.2) is 18.2 Å². The fourth-order valence-corrected chi connectivity index (χ4v) is 2.03. The molecule has 3 N–H and O–H groups in total. The van der Waals surface area contributed by atoms with Gasteiger partial charge in [0, 0.05) is 25.2 Å². The minimum Gasteiger partial charge on any atom is -0.396 e. The zero-order chi connectivity index (χ0) is 15.3. The number of nitrogens with one attached hydrogen (secondary N) is 1. The Bertz CT molecular complexity index is 469. The molecule has 1 aromatic carbocycles. The summed E-state index contributed by atoms with van der Waals surface area (Å²) in [5.74, 6) is -0.579. The number of carbonyl (C=O) groups excluding carboxylic acids is 1. The maximum atomic E-state index is 13.0. The van der Waals surface area contributed by atoms with E-state index in [1.165, 1.54) is 18.2 Å². The molecule has 0 bridgehead atoms. The molecule has 0 aromatic heterocycles. The van der Waals surface area contributed by atoms with E-state index in [1.807, 2.05) is 7.05 Å². The number of nitrogens with zero attached hydrogens (tertiary/aromatic N) is 1. The maximum Gasteiger partial charge on any atom is 0.225 e. The van der Waals surface area contributed by atoms with Gasteiger partial charge in [0.1, 0.15) is 5.82 Å². The molecule has 1 amide bonds. The van der Waals surface area contributed by atoms with Gasteiger partial charge in [0.2, 0.25) is 5.91 Å². The van der Waals surface area contributed by atoms with E-state index in [0.717, 1.165) is 6.54 Å². The van der Waals surface area contributed by atoms with Crippen molar-refractivity contribution in [1.29, 1.82) is 0 Å². The third-order valence-corrected chi connectivity index (χ3v) is 2.74. The number of rotatable bonds is 5. The van der Waals surface area contributed by atoms with E-state index in [0.29, 0.717) is 18.7 Å². The number of hydrogen-bond donors (Lipinski definition) is 2. The van der Waals surface area contributed by atoms with Gasteiger partial charge in [-0.1, -0.05) is 20.8 Å². The SMILES string of the molecule is CN(CCC(=O)Nc1ccc(F)c(N)c1)CC(C)(C)C. The first-order valence-corrected chi connectivity index (χ1v) is 6.71. The predicted octanol–water partition coefficient (Wildman–Crippen LogP) is 2.71. The number of carbonyl (C=O) groups is 1. The second-order valence-corrected chi connectivity index (χ2v) is 6.33. The van der Waals surface area contributed by atoms with Gasteiger partial charge in [-0.05, 0) is 30.7 Å². The molecule has 0 aliphatic carbocycles. The lowest BCUT2D eigenvalue weighted by atomic mass is 9.96. The van der Waals surface area contributed by atoms with E-state index in [4.69, 9.17) is 5.73 Å². The standard InChI is InChI=1S/C15H24FN3O/c1-15(2,3)10-19(4)8-7-14(20)18-11-5-6-12(16)13(17)9-11/h5-6,9H,7-8,10,17H2,1-4H3,(H,18,20). The fourth-order valence-electron chi connectivity index (χ4n) is 2.03. The molecular formula is C15H24FN3O. The molecular weight excluding hydrogens is 257 g/mol. The lowest BCUT2D eigenvalue weighted by Crippen LogP contribution is -2.31.